The third kappa shape index (κ3) is 4.09. The van der Waals surface area contributed by atoms with Crippen LogP contribution in [0.1, 0.15) is 15.9 Å². The Bertz CT molecular complexity index is 919. The van der Waals surface area contributed by atoms with E-state index in [0.717, 1.165) is 35.7 Å². The minimum atomic E-state index is 0.0858. The number of hydrogen-bond acceptors (Lipinski definition) is 6. The predicted octanol–water partition coefficient (Wildman–Crippen LogP) is 2.89. The number of piperazine rings is 1. The maximum Gasteiger partial charge on any atom is 0.253 e. The van der Waals surface area contributed by atoms with Crippen LogP contribution >= 0.6 is 0 Å². The molecule has 0 radical (unpaired) electrons. The highest BCUT2D eigenvalue weighted by atomic mass is 16.2. The third-order valence-electron chi connectivity index (χ3n) is 4.79. The molecule has 1 amide bonds. The van der Waals surface area contributed by atoms with Crippen LogP contribution in [0.5, 0.6) is 0 Å². The summed E-state index contributed by atoms with van der Waals surface area (Å²) < 4.78 is 0. The topological polar surface area (TPSA) is 74.2 Å². The standard InChI is InChI=1S/C21H22N6O/c1-16-2-4-17(5-3-16)21(28)27-14-12-26(13-15-27)20-7-6-19(24-25-20)23-18-8-10-22-11-9-18/h2-11H,12-15H2,1H3,(H,22,23,24). The number of benzene rings is 1. The van der Waals surface area contributed by atoms with E-state index in [0.29, 0.717) is 18.9 Å². The maximum absolute atomic E-state index is 12.6. The molecule has 4 rings (SSSR count). The Morgan fingerprint density at radius 2 is 1.61 bits per heavy atom. The predicted molar refractivity (Wildman–Crippen MR) is 109 cm³/mol. The van der Waals surface area contributed by atoms with Gasteiger partial charge in [-0.05, 0) is 43.3 Å². The molecule has 0 unspecified atom stereocenters. The second-order valence-electron chi connectivity index (χ2n) is 6.78. The van der Waals surface area contributed by atoms with Gasteiger partial charge in [0, 0.05) is 49.8 Å². The lowest BCUT2D eigenvalue weighted by molar-refractivity contribution is 0.0746. The molecule has 0 bridgehead atoms. The summed E-state index contributed by atoms with van der Waals surface area (Å²) in [6, 6.07) is 15.3. The number of pyridine rings is 1. The molecule has 1 N–H and O–H groups in total. The largest absolute Gasteiger partial charge is 0.352 e. The number of carbonyl (C=O) groups is 1. The normalized spacial score (nSPS) is 14.0. The summed E-state index contributed by atoms with van der Waals surface area (Å²) in [4.78, 5) is 20.7. The minimum absolute atomic E-state index is 0.0858. The summed E-state index contributed by atoms with van der Waals surface area (Å²) >= 11 is 0. The Hall–Kier alpha value is -3.48. The van der Waals surface area contributed by atoms with Crippen molar-refractivity contribution in [2.24, 2.45) is 0 Å². The number of aromatic nitrogens is 3. The SMILES string of the molecule is Cc1ccc(C(=O)N2CCN(c3ccc(Nc4ccncc4)nn3)CC2)cc1. The summed E-state index contributed by atoms with van der Waals surface area (Å²) in [6.45, 7) is 4.84. The van der Waals surface area contributed by atoms with Crippen molar-refractivity contribution in [1.29, 1.82) is 0 Å². The molecule has 0 saturated carbocycles. The van der Waals surface area contributed by atoms with Gasteiger partial charge in [-0.3, -0.25) is 9.78 Å². The minimum Gasteiger partial charge on any atom is -0.352 e. The van der Waals surface area contributed by atoms with Gasteiger partial charge in [0.25, 0.3) is 5.91 Å². The van der Waals surface area contributed by atoms with Crippen LogP contribution in [0.15, 0.2) is 60.9 Å². The van der Waals surface area contributed by atoms with Crippen molar-refractivity contribution >= 4 is 23.2 Å². The van der Waals surface area contributed by atoms with E-state index in [1.807, 2.05) is 60.4 Å². The molecule has 28 heavy (non-hydrogen) atoms. The van der Waals surface area contributed by atoms with Crippen LogP contribution in [0.4, 0.5) is 17.3 Å². The van der Waals surface area contributed by atoms with Gasteiger partial charge < -0.3 is 15.1 Å². The second kappa shape index (κ2) is 8.04. The zero-order valence-electron chi connectivity index (χ0n) is 15.7. The van der Waals surface area contributed by atoms with Crippen LogP contribution in [0, 0.1) is 6.92 Å². The first-order chi connectivity index (χ1) is 13.7. The molecule has 142 valence electrons. The first kappa shape index (κ1) is 17.9. The van der Waals surface area contributed by atoms with Gasteiger partial charge in [-0.25, -0.2) is 0 Å². The Kier molecular flexibility index (Phi) is 5.14. The fourth-order valence-electron chi connectivity index (χ4n) is 3.16. The Labute approximate surface area is 164 Å². The zero-order valence-corrected chi connectivity index (χ0v) is 15.7. The molecule has 7 nitrogen and oxygen atoms in total. The van der Waals surface area contributed by atoms with Crippen LogP contribution in [0.2, 0.25) is 0 Å². The number of anilines is 3. The molecule has 3 heterocycles. The van der Waals surface area contributed by atoms with Gasteiger partial charge in [0.2, 0.25) is 0 Å². The molecular weight excluding hydrogens is 352 g/mol. The van der Waals surface area contributed by atoms with Crippen LogP contribution in [0.25, 0.3) is 0 Å². The number of amides is 1. The van der Waals surface area contributed by atoms with E-state index in [9.17, 15) is 4.79 Å². The van der Waals surface area contributed by atoms with E-state index >= 15 is 0 Å². The van der Waals surface area contributed by atoms with Crippen molar-refractivity contribution in [3.63, 3.8) is 0 Å². The smallest absolute Gasteiger partial charge is 0.253 e. The van der Waals surface area contributed by atoms with Crippen LogP contribution in [0.3, 0.4) is 0 Å². The summed E-state index contributed by atoms with van der Waals surface area (Å²) in [5.74, 6) is 1.59. The molecular formula is C21H22N6O. The highest BCUT2D eigenvalue weighted by molar-refractivity contribution is 5.94. The summed E-state index contributed by atoms with van der Waals surface area (Å²) in [5.41, 5.74) is 2.81. The number of nitrogens with zero attached hydrogens (tertiary/aromatic N) is 5. The second-order valence-corrected chi connectivity index (χ2v) is 6.78. The first-order valence-corrected chi connectivity index (χ1v) is 9.31. The average molecular weight is 374 g/mol. The summed E-state index contributed by atoms with van der Waals surface area (Å²) in [6.07, 6.45) is 3.45. The van der Waals surface area contributed by atoms with E-state index in [-0.39, 0.29) is 5.91 Å². The van der Waals surface area contributed by atoms with Gasteiger partial charge >= 0.3 is 0 Å². The van der Waals surface area contributed by atoms with Crippen molar-refractivity contribution in [1.82, 2.24) is 20.1 Å². The lowest BCUT2D eigenvalue weighted by Crippen LogP contribution is -2.49. The van der Waals surface area contributed by atoms with Crippen LogP contribution in [-0.2, 0) is 0 Å². The number of nitrogens with one attached hydrogen (secondary N) is 1. The van der Waals surface area contributed by atoms with E-state index in [1.54, 1.807) is 12.4 Å². The van der Waals surface area contributed by atoms with Crippen LogP contribution < -0.4 is 10.2 Å². The first-order valence-electron chi connectivity index (χ1n) is 9.31. The van der Waals surface area contributed by atoms with Gasteiger partial charge in [-0.15, -0.1) is 10.2 Å². The van der Waals surface area contributed by atoms with Crippen LogP contribution in [-0.4, -0.2) is 52.2 Å². The number of carbonyl (C=O) groups excluding carboxylic acids is 1. The van der Waals surface area contributed by atoms with Crippen molar-refractivity contribution in [3.8, 4) is 0 Å². The third-order valence-corrected chi connectivity index (χ3v) is 4.79. The molecule has 1 aliphatic heterocycles. The fourth-order valence-corrected chi connectivity index (χ4v) is 3.16. The lowest BCUT2D eigenvalue weighted by Gasteiger charge is -2.35. The summed E-state index contributed by atoms with van der Waals surface area (Å²) in [7, 11) is 0. The molecule has 7 heteroatoms. The van der Waals surface area contributed by atoms with Crippen molar-refractivity contribution in [2.75, 3.05) is 36.4 Å². The van der Waals surface area contributed by atoms with Gasteiger partial charge in [0.15, 0.2) is 11.6 Å². The zero-order chi connectivity index (χ0) is 19.3. The highest BCUT2D eigenvalue weighted by Gasteiger charge is 2.23. The van der Waals surface area contributed by atoms with Crippen molar-refractivity contribution < 1.29 is 4.79 Å². The molecule has 1 aromatic carbocycles. The van der Waals surface area contributed by atoms with E-state index < -0.39 is 0 Å². The molecule has 0 aliphatic carbocycles. The Morgan fingerprint density at radius 3 is 2.25 bits per heavy atom. The maximum atomic E-state index is 12.6. The molecule has 1 saturated heterocycles. The molecule has 2 aromatic heterocycles. The van der Waals surface area contributed by atoms with Crippen molar-refractivity contribution in [2.45, 2.75) is 6.92 Å². The quantitative estimate of drug-likeness (QED) is 0.757. The monoisotopic (exact) mass is 374 g/mol. The van der Waals surface area contributed by atoms with E-state index in [2.05, 4.69) is 25.4 Å². The van der Waals surface area contributed by atoms with Gasteiger partial charge in [-0.2, -0.15) is 0 Å². The highest BCUT2D eigenvalue weighted by Crippen LogP contribution is 2.18. The molecule has 1 aliphatic rings. The number of hydrogen-bond donors (Lipinski definition) is 1. The number of aryl methyl sites for hydroxylation is 1. The average Bonchev–Trinajstić information content (AvgIpc) is 2.75. The molecule has 0 atom stereocenters. The van der Waals surface area contributed by atoms with E-state index in [1.165, 1.54) is 0 Å². The lowest BCUT2D eigenvalue weighted by atomic mass is 10.1. The molecule has 1 fully saturated rings. The van der Waals surface area contributed by atoms with E-state index in [4.69, 9.17) is 0 Å². The van der Waals surface area contributed by atoms with Gasteiger partial charge in [-0.1, -0.05) is 17.7 Å². The Balaban J connectivity index is 1.34. The Morgan fingerprint density at radius 1 is 0.893 bits per heavy atom. The fraction of sp³-hybridized carbons (Fsp3) is 0.238. The molecule has 0 spiro atoms. The van der Waals surface area contributed by atoms with Gasteiger partial charge in [0.05, 0.1) is 0 Å². The van der Waals surface area contributed by atoms with Gasteiger partial charge in [0.1, 0.15) is 0 Å². The van der Waals surface area contributed by atoms with Crippen molar-refractivity contribution in [3.05, 3.63) is 72.1 Å². The number of rotatable bonds is 4. The summed E-state index contributed by atoms with van der Waals surface area (Å²) in [5, 5.41) is 11.8. The molecule has 3 aromatic rings.